The van der Waals surface area contributed by atoms with Crippen molar-refractivity contribution in [2.24, 2.45) is 0 Å². The summed E-state index contributed by atoms with van der Waals surface area (Å²) in [5.74, 6) is 2.87. The molecule has 4 heteroatoms. The molecule has 52 heavy (non-hydrogen) atoms. The second-order valence-electron chi connectivity index (χ2n) is 12.4. The first-order valence-electron chi connectivity index (χ1n) is 19.1. The van der Waals surface area contributed by atoms with Crippen LogP contribution in [0.25, 0.3) is 44.5 Å². The Morgan fingerprint density at radius 3 is 1.35 bits per heavy atom. The predicted molar refractivity (Wildman–Crippen MR) is 222 cm³/mol. The molecular weight excluding hydrogens is 974 g/mol. The molecule has 0 spiro atoms. The topological polar surface area (TPSA) is 28.9 Å². The van der Waals surface area contributed by atoms with Gasteiger partial charge in [-0.2, -0.15) is 60.2 Å². The van der Waals surface area contributed by atoms with E-state index in [0.717, 1.165) is 44.5 Å². The van der Waals surface area contributed by atoms with Gasteiger partial charge in [-0.05, 0) is 23.1 Å². The average Bonchev–Trinajstić information content (AvgIpc) is 3.79. The van der Waals surface area contributed by atoms with Gasteiger partial charge in [0.25, 0.3) is 0 Å². The van der Waals surface area contributed by atoms with Gasteiger partial charge in [0, 0.05) is 5.58 Å². The van der Waals surface area contributed by atoms with Gasteiger partial charge in [-0.25, -0.2) is 5.56 Å². The van der Waals surface area contributed by atoms with Gasteiger partial charge < -0.3 is 9.40 Å². The number of hydrogen-bond acceptors (Lipinski definition) is 1. The molecule has 0 aliphatic heterocycles. The molecule has 2 heterocycles. The first-order chi connectivity index (χ1) is 24.1. The minimum atomic E-state index is 0. The molecule has 2 nitrogen and oxygen atoms in total. The Balaban J connectivity index is 0. The van der Waals surface area contributed by atoms with Gasteiger partial charge in [-0.1, -0.05) is 158 Å². The molecule has 0 saturated heterocycles. The van der Waals surface area contributed by atoms with Crippen molar-refractivity contribution >= 4 is 21.9 Å². The van der Waals surface area contributed by atoms with Crippen LogP contribution < -0.4 is 0 Å². The van der Waals surface area contributed by atoms with Crippen molar-refractivity contribution in [1.29, 1.82) is 0 Å². The Kier molecular flexibility index (Phi) is 26.7. The molecule has 1 N–H and O–H groups in total. The van der Waals surface area contributed by atoms with Crippen LogP contribution in [0, 0.1) is 24.3 Å². The van der Waals surface area contributed by atoms with Crippen molar-refractivity contribution in [3.8, 4) is 22.6 Å². The zero-order valence-corrected chi connectivity index (χ0v) is 40.8. The van der Waals surface area contributed by atoms with Crippen LogP contribution in [0.4, 0.5) is 0 Å². The Hall–Kier alpha value is -2.66. The molecule has 0 atom stereocenters. The van der Waals surface area contributed by atoms with Gasteiger partial charge in [0.15, 0.2) is 0 Å². The summed E-state index contributed by atoms with van der Waals surface area (Å²) in [6.45, 7) is 33.6. The van der Waals surface area contributed by atoms with Gasteiger partial charge in [0.1, 0.15) is 0 Å². The van der Waals surface area contributed by atoms with Crippen molar-refractivity contribution < 1.29 is 46.5 Å². The van der Waals surface area contributed by atoms with Crippen molar-refractivity contribution in [2.45, 2.75) is 134 Å². The van der Waals surface area contributed by atoms with Crippen LogP contribution in [0.1, 0.15) is 157 Å². The van der Waals surface area contributed by atoms with Gasteiger partial charge in [-0.3, -0.25) is 0 Å². The summed E-state index contributed by atoms with van der Waals surface area (Å²) in [6.07, 6.45) is 0. The van der Waals surface area contributed by atoms with Crippen molar-refractivity contribution in [1.82, 2.24) is 4.98 Å². The molecule has 4 aromatic carbocycles. The number of fused-ring (bicyclic) bond motifs is 2. The van der Waals surface area contributed by atoms with E-state index in [1.807, 2.05) is 67.5 Å². The van der Waals surface area contributed by atoms with Crippen LogP contribution in [0.15, 0.2) is 77.2 Å². The molecule has 0 fully saturated rings. The van der Waals surface area contributed by atoms with Gasteiger partial charge in [0.2, 0.25) is 0 Å². The summed E-state index contributed by atoms with van der Waals surface area (Å²) >= 11 is 0. The van der Waals surface area contributed by atoms with Gasteiger partial charge in [-0.15, -0.1) is 45.8 Å². The van der Waals surface area contributed by atoms with Crippen LogP contribution in [-0.2, 0) is 42.1 Å². The molecule has 280 valence electrons. The Morgan fingerprint density at radius 2 is 0.904 bits per heavy atom. The van der Waals surface area contributed by atoms with E-state index >= 15 is 0 Å². The van der Waals surface area contributed by atoms with Crippen LogP contribution in [0.5, 0.6) is 0 Å². The molecule has 6 aromatic rings. The maximum atomic E-state index is 5.90. The monoisotopic (exact) mass is 1040 g/mol. The Morgan fingerprint density at radius 1 is 0.481 bits per heavy atom. The second-order valence-corrected chi connectivity index (χ2v) is 12.4. The maximum absolute atomic E-state index is 5.90. The predicted octanol–water partition coefficient (Wildman–Crippen LogP) is 15.7. The molecule has 0 saturated carbocycles. The molecule has 0 radical (unpaired) electrons. The van der Waals surface area contributed by atoms with Crippen LogP contribution in [-0.4, -0.2) is 4.98 Å². The zero-order chi connectivity index (χ0) is 38.0. The van der Waals surface area contributed by atoms with Crippen molar-refractivity contribution in [3.05, 3.63) is 119 Å². The maximum Gasteiger partial charge on any atom is 2.00 e. The van der Waals surface area contributed by atoms with Gasteiger partial charge in [0.05, 0.1) is 0 Å². The summed E-state index contributed by atoms with van der Waals surface area (Å²) in [6, 6.07) is 39.0. The summed E-state index contributed by atoms with van der Waals surface area (Å²) in [4.78, 5) is 3.44. The molecule has 2 aromatic heterocycles. The standard InChI is InChI=1S/C20H21N.C20H20O.4C2H6.2W/c2*1-13(2)15-5-7-16(8-6-15)20-12-18-11-17(14(3)4)9-10-19(18)21-20;4*1-2;;/h5-7,9-11,13-14,21H,1-4H3;5-7,9-11,13-14H,1-4H3;4*1-2H3;;/q2*-2;;;;;2*+2. The quantitative estimate of drug-likeness (QED) is 0.166. The third kappa shape index (κ3) is 14.6. The number of H-pyrrole nitrogens is 1. The van der Waals surface area contributed by atoms with E-state index in [1.54, 1.807) is 0 Å². The molecule has 6 rings (SSSR count). The minimum absolute atomic E-state index is 0. The Bertz CT molecular complexity index is 1640. The SMILES string of the molecule is CC.CC.CC.CC.CC(C)c1c[c-]c(-c2[c-]c3cc(C(C)C)ccc3[nH]2)cc1.CC(C)c1c[c-]c(-c2[c-]c3cc(C(C)C)ccc3o2)cc1.[W+2].[W+2]. The fourth-order valence-corrected chi connectivity index (χ4v) is 4.93. The summed E-state index contributed by atoms with van der Waals surface area (Å²) in [5.41, 5.74) is 10.3. The molecular formula is C48H65NOW2. The van der Waals surface area contributed by atoms with E-state index in [9.17, 15) is 0 Å². The van der Waals surface area contributed by atoms with E-state index in [2.05, 4.69) is 145 Å². The second kappa shape index (κ2) is 27.0. The fourth-order valence-electron chi connectivity index (χ4n) is 4.93. The van der Waals surface area contributed by atoms with Crippen LogP contribution in [0.2, 0.25) is 0 Å². The van der Waals surface area contributed by atoms with E-state index in [4.69, 9.17) is 4.42 Å². The summed E-state index contributed by atoms with van der Waals surface area (Å²) in [5, 5.41) is 2.19. The third-order valence-electron chi connectivity index (χ3n) is 7.88. The van der Waals surface area contributed by atoms with Crippen molar-refractivity contribution in [3.63, 3.8) is 0 Å². The molecule has 0 aliphatic rings. The third-order valence-corrected chi connectivity index (χ3v) is 7.88. The van der Waals surface area contributed by atoms with Gasteiger partial charge >= 0.3 is 42.1 Å². The summed E-state index contributed by atoms with van der Waals surface area (Å²) in [7, 11) is 0. The first kappa shape index (κ1) is 51.4. The smallest absolute Gasteiger partial charge is 0.563 e. The number of nitrogens with one attached hydrogen (secondary N) is 1. The largest absolute Gasteiger partial charge is 2.00 e. The number of hydrogen-bond donors (Lipinski definition) is 1. The Labute approximate surface area is 347 Å². The number of rotatable bonds is 6. The van der Waals surface area contributed by atoms with E-state index < -0.39 is 0 Å². The van der Waals surface area contributed by atoms with E-state index in [0.29, 0.717) is 23.7 Å². The minimum Gasteiger partial charge on any atom is -0.563 e. The average molecular weight is 1040 g/mol. The molecule has 0 bridgehead atoms. The van der Waals surface area contributed by atoms with Crippen LogP contribution >= 0.6 is 0 Å². The number of aromatic nitrogens is 1. The van der Waals surface area contributed by atoms with E-state index in [-0.39, 0.29) is 42.1 Å². The molecule has 0 amide bonds. The van der Waals surface area contributed by atoms with Crippen LogP contribution in [0.3, 0.4) is 0 Å². The fraction of sp³-hybridized carbons (Fsp3) is 0.417. The molecule has 0 aliphatic carbocycles. The normalized spacial score (nSPS) is 9.92. The zero-order valence-electron chi connectivity index (χ0n) is 35.0. The number of aromatic amines is 1. The number of furan rings is 1. The molecule has 0 unspecified atom stereocenters. The summed E-state index contributed by atoms with van der Waals surface area (Å²) < 4.78 is 5.90. The number of benzene rings is 4. The van der Waals surface area contributed by atoms with E-state index in [1.165, 1.54) is 22.3 Å². The van der Waals surface area contributed by atoms with Crippen molar-refractivity contribution in [2.75, 3.05) is 0 Å². The first-order valence-corrected chi connectivity index (χ1v) is 19.1.